The molecule has 0 aliphatic heterocycles. The van der Waals surface area contributed by atoms with Crippen LogP contribution in [0.15, 0.2) is 24.3 Å². The molecule has 106 valence electrons. The molecule has 0 heterocycles. The molecule has 19 heavy (non-hydrogen) atoms. The van der Waals surface area contributed by atoms with Crippen LogP contribution in [0.1, 0.15) is 46.1 Å². The molecule has 2 heteroatoms. The number of hydrogen-bond donors (Lipinski definition) is 0. The molecule has 0 aliphatic rings. The Morgan fingerprint density at radius 2 is 1.47 bits per heavy atom. The molecule has 0 bridgehead atoms. The molecule has 0 radical (unpaired) electrons. The Balaban J connectivity index is 2.91. The van der Waals surface area contributed by atoms with Crippen molar-refractivity contribution in [1.29, 1.82) is 0 Å². The first-order valence-corrected chi connectivity index (χ1v) is 10.3. The predicted octanol–water partition coefficient (Wildman–Crippen LogP) is 4.05. The van der Waals surface area contributed by atoms with E-state index in [9.17, 15) is 0 Å². The van der Waals surface area contributed by atoms with Crippen molar-refractivity contribution in [3.8, 4) is 0 Å². The van der Waals surface area contributed by atoms with Crippen LogP contribution in [-0.4, -0.2) is 32.1 Å². The molecule has 0 amide bonds. The highest BCUT2D eigenvalue weighted by Gasteiger charge is 2.20. The van der Waals surface area contributed by atoms with Crippen molar-refractivity contribution in [2.75, 3.05) is 13.1 Å². The van der Waals surface area contributed by atoms with E-state index in [1.165, 1.54) is 23.4 Å². The van der Waals surface area contributed by atoms with Crippen LogP contribution in [0, 0.1) is 0 Å². The molecule has 0 fully saturated rings. The van der Waals surface area contributed by atoms with Crippen molar-refractivity contribution in [3.05, 3.63) is 29.8 Å². The van der Waals surface area contributed by atoms with Gasteiger partial charge < -0.3 is 0 Å². The smallest absolute Gasteiger partial charge is 0.300 e. The second-order valence-electron chi connectivity index (χ2n) is 5.43. The first-order chi connectivity index (χ1) is 9.26. The lowest BCUT2D eigenvalue weighted by Crippen LogP contribution is -2.35. The molecule has 0 spiro atoms. The van der Waals surface area contributed by atoms with Gasteiger partial charge in [-0.1, -0.05) is 75.4 Å². The Bertz CT molecular complexity index is 341. The molecular weight excluding hydrogens is 245 g/mol. The van der Waals surface area contributed by atoms with E-state index in [1.807, 2.05) is 0 Å². The molecule has 1 aromatic carbocycles. The quantitative estimate of drug-likeness (QED) is 0.615. The SMILES string of the molecule is CC[CH2][Al]([CH2]CC)[c]1ccccc1CN(CC)CC. The van der Waals surface area contributed by atoms with Gasteiger partial charge in [-0.3, -0.25) is 4.90 Å². The van der Waals surface area contributed by atoms with Crippen molar-refractivity contribution in [2.45, 2.75) is 57.6 Å². The number of hydrogen-bond acceptors (Lipinski definition) is 1. The maximum Gasteiger partial charge on any atom is 0.306 e. The Hall–Kier alpha value is -0.288. The highest BCUT2D eigenvalue weighted by Crippen LogP contribution is 2.11. The lowest BCUT2D eigenvalue weighted by molar-refractivity contribution is 0.296. The van der Waals surface area contributed by atoms with Crippen molar-refractivity contribution in [3.63, 3.8) is 0 Å². The highest BCUT2D eigenvalue weighted by atomic mass is 27.2. The first-order valence-electron chi connectivity index (χ1n) is 8.06. The van der Waals surface area contributed by atoms with Crippen molar-refractivity contribution >= 4 is 18.6 Å². The van der Waals surface area contributed by atoms with Crippen LogP contribution in [0.25, 0.3) is 0 Å². The molecular formula is C17H30AlN. The van der Waals surface area contributed by atoms with Crippen molar-refractivity contribution in [1.82, 2.24) is 4.90 Å². The van der Waals surface area contributed by atoms with Crippen molar-refractivity contribution in [2.24, 2.45) is 0 Å². The third-order valence-electron chi connectivity index (χ3n) is 4.06. The predicted molar refractivity (Wildman–Crippen MR) is 88.7 cm³/mol. The fourth-order valence-corrected chi connectivity index (χ4v) is 6.32. The van der Waals surface area contributed by atoms with Crippen LogP contribution < -0.4 is 4.43 Å². The molecule has 0 aromatic heterocycles. The summed E-state index contributed by atoms with van der Waals surface area (Å²) >= 11 is -0.739. The fourth-order valence-electron chi connectivity index (χ4n) is 2.92. The molecule has 0 saturated heterocycles. The molecule has 1 rings (SSSR count). The lowest BCUT2D eigenvalue weighted by atomic mass is 10.2. The molecule has 0 atom stereocenters. The van der Waals surface area contributed by atoms with Gasteiger partial charge in [0, 0.05) is 6.54 Å². The maximum atomic E-state index is 2.53. The van der Waals surface area contributed by atoms with Gasteiger partial charge in [-0.25, -0.2) is 0 Å². The van der Waals surface area contributed by atoms with E-state index in [4.69, 9.17) is 0 Å². The Morgan fingerprint density at radius 1 is 0.895 bits per heavy atom. The minimum Gasteiger partial charge on any atom is -0.300 e. The summed E-state index contributed by atoms with van der Waals surface area (Å²) in [6.07, 6.45) is 2.69. The molecule has 0 unspecified atom stereocenters. The monoisotopic (exact) mass is 275 g/mol. The summed E-state index contributed by atoms with van der Waals surface area (Å²) in [4.78, 5) is 2.53. The Labute approximate surface area is 124 Å². The minimum absolute atomic E-state index is 0.739. The van der Waals surface area contributed by atoms with E-state index in [-0.39, 0.29) is 0 Å². The summed E-state index contributed by atoms with van der Waals surface area (Å²) in [6.45, 7) is 12.6. The standard InChI is InChI=1S/C11H16N.2C3H7.Al/c1-3-12(4-2)10-11-8-6-5-7-9-11;2*1-3-2;/h5-8H,3-4,10H2,1-2H3;2*1,3H2,2H3;. The highest BCUT2D eigenvalue weighted by molar-refractivity contribution is 6.73. The summed E-state index contributed by atoms with van der Waals surface area (Å²) < 4.78 is 1.73. The van der Waals surface area contributed by atoms with E-state index in [0.717, 1.165) is 19.6 Å². The van der Waals surface area contributed by atoms with Gasteiger partial charge in [-0.15, -0.1) is 4.43 Å². The average molecular weight is 275 g/mol. The normalized spacial score (nSPS) is 11.0. The van der Waals surface area contributed by atoms with E-state index >= 15 is 0 Å². The van der Waals surface area contributed by atoms with Crippen molar-refractivity contribution < 1.29 is 0 Å². The summed E-state index contributed by atoms with van der Waals surface area (Å²) in [5.74, 6) is 0. The zero-order chi connectivity index (χ0) is 14.1. The number of rotatable bonds is 9. The van der Waals surface area contributed by atoms with Gasteiger partial charge in [0.25, 0.3) is 0 Å². The maximum absolute atomic E-state index is 2.53. The first kappa shape index (κ1) is 16.8. The summed E-state index contributed by atoms with van der Waals surface area (Å²) in [5, 5.41) is 2.92. The molecule has 1 nitrogen and oxygen atoms in total. The number of nitrogens with zero attached hydrogens (tertiary/aromatic N) is 1. The molecule has 0 saturated carbocycles. The van der Waals surface area contributed by atoms with Crippen LogP contribution in [0.4, 0.5) is 0 Å². The van der Waals surface area contributed by atoms with Gasteiger partial charge in [-0.2, -0.15) is 0 Å². The van der Waals surface area contributed by atoms with Crippen LogP contribution in [-0.2, 0) is 6.54 Å². The Kier molecular flexibility index (Phi) is 8.46. The van der Waals surface area contributed by atoms with Gasteiger partial charge >= 0.3 is 14.1 Å². The van der Waals surface area contributed by atoms with Gasteiger partial charge in [0.2, 0.25) is 0 Å². The summed E-state index contributed by atoms with van der Waals surface area (Å²) in [5.41, 5.74) is 1.60. The van der Waals surface area contributed by atoms with Gasteiger partial charge in [-0.05, 0) is 18.7 Å². The van der Waals surface area contributed by atoms with E-state index in [2.05, 4.69) is 56.9 Å². The molecule has 0 N–H and O–H groups in total. The van der Waals surface area contributed by atoms with Crippen LogP contribution >= 0.6 is 0 Å². The average Bonchev–Trinajstić information content (AvgIpc) is 2.45. The minimum atomic E-state index is -0.739. The zero-order valence-corrected chi connectivity index (χ0v) is 14.4. The van der Waals surface area contributed by atoms with E-state index in [1.54, 1.807) is 9.99 Å². The largest absolute Gasteiger partial charge is 0.306 e. The van der Waals surface area contributed by atoms with Crippen LogP contribution in [0.3, 0.4) is 0 Å². The summed E-state index contributed by atoms with van der Waals surface area (Å²) in [7, 11) is 0. The summed E-state index contributed by atoms with van der Waals surface area (Å²) in [6, 6.07) is 9.23. The van der Waals surface area contributed by atoms with Crippen LogP contribution in [0.5, 0.6) is 0 Å². The lowest BCUT2D eigenvalue weighted by Gasteiger charge is -2.22. The molecule has 0 aliphatic carbocycles. The fraction of sp³-hybridized carbons (Fsp3) is 0.647. The zero-order valence-electron chi connectivity index (χ0n) is 13.3. The second kappa shape index (κ2) is 9.59. The van der Waals surface area contributed by atoms with Gasteiger partial charge in [0.15, 0.2) is 0 Å². The van der Waals surface area contributed by atoms with Crippen LogP contribution in [0.2, 0.25) is 10.6 Å². The Morgan fingerprint density at radius 3 is 2.00 bits per heavy atom. The van der Waals surface area contributed by atoms with E-state index < -0.39 is 14.1 Å². The third kappa shape index (κ3) is 5.30. The number of benzene rings is 1. The topological polar surface area (TPSA) is 3.24 Å². The van der Waals surface area contributed by atoms with E-state index in [0.29, 0.717) is 0 Å². The molecule has 1 aromatic rings. The second-order valence-corrected chi connectivity index (χ2v) is 8.61. The third-order valence-corrected chi connectivity index (χ3v) is 8.05. The van der Waals surface area contributed by atoms with Gasteiger partial charge in [0.1, 0.15) is 0 Å². The van der Waals surface area contributed by atoms with Gasteiger partial charge in [0.05, 0.1) is 0 Å².